The second kappa shape index (κ2) is 5.56. The van der Waals surface area contributed by atoms with Gasteiger partial charge in [-0.1, -0.05) is 6.07 Å². The number of Topliss-reactive ketones (excluding diaryl/α,β-unsaturated/α-hetero) is 1. The van der Waals surface area contributed by atoms with Gasteiger partial charge < -0.3 is 4.74 Å². The summed E-state index contributed by atoms with van der Waals surface area (Å²) in [6, 6.07) is 3.10. The van der Waals surface area contributed by atoms with Crippen molar-refractivity contribution in [3.05, 3.63) is 35.1 Å². The molecule has 1 unspecified atom stereocenters. The van der Waals surface area contributed by atoms with Crippen LogP contribution in [0.2, 0.25) is 0 Å². The number of rotatable bonds is 4. The highest BCUT2D eigenvalue weighted by molar-refractivity contribution is 6.12. The fourth-order valence-electron chi connectivity index (χ4n) is 1.08. The van der Waals surface area contributed by atoms with Gasteiger partial charge in [0, 0.05) is 6.20 Å². The van der Waals surface area contributed by atoms with Crippen LogP contribution in [0.15, 0.2) is 24.4 Å². The van der Waals surface area contributed by atoms with Crippen molar-refractivity contribution in [1.82, 2.24) is 4.98 Å². The molecule has 0 aliphatic heterocycles. The molecule has 1 aromatic heterocycles. The van der Waals surface area contributed by atoms with Gasteiger partial charge in [0.2, 0.25) is 5.39 Å². The van der Waals surface area contributed by atoms with Crippen LogP contribution in [0.1, 0.15) is 17.4 Å². The zero-order chi connectivity index (χ0) is 12.0. The molecule has 0 aliphatic carbocycles. The summed E-state index contributed by atoms with van der Waals surface area (Å²) in [6.07, 6.45) is 1.41. The third kappa shape index (κ3) is 2.60. The van der Waals surface area contributed by atoms with Crippen molar-refractivity contribution in [3.63, 3.8) is 0 Å². The van der Waals surface area contributed by atoms with Crippen molar-refractivity contribution in [2.75, 3.05) is 6.61 Å². The lowest BCUT2D eigenvalue weighted by Crippen LogP contribution is -2.29. The van der Waals surface area contributed by atoms with Gasteiger partial charge in [-0.15, -0.1) is 0 Å². The van der Waals surface area contributed by atoms with E-state index in [1.165, 1.54) is 12.3 Å². The highest BCUT2D eigenvalue weighted by atomic mass is 16.5. The molecule has 1 atom stereocenters. The number of nitrogens with zero attached hydrogens (tertiary/aromatic N) is 3. The number of esters is 1. The van der Waals surface area contributed by atoms with E-state index in [0.29, 0.717) is 0 Å². The molecule has 0 radical (unpaired) electrons. The number of ketones is 1. The van der Waals surface area contributed by atoms with E-state index in [4.69, 9.17) is 5.39 Å². The van der Waals surface area contributed by atoms with Crippen LogP contribution in [0.5, 0.6) is 0 Å². The van der Waals surface area contributed by atoms with E-state index >= 15 is 0 Å². The summed E-state index contributed by atoms with van der Waals surface area (Å²) in [4.78, 5) is 29.4. The van der Waals surface area contributed by atoms with Crippen molar-refractivity contribution in [3.8, 4) is 0 Å². The highest BCUT2D eigenvalue weighted by Gasteiger charge is 2.41. The first-order chi connectivity index (χ1) is 7.70. The van der Waals surface area contributed by atoms with Gasteiger partial charge in [-0.25, -0.2) is 4.79 Å². The number of pyridine rings is 1. The summed E-state index contributed by atoms with van der Waals surface area (Å²) >= 11 is 0. The molecule has 0 aliphatic rings. The van der Waals surface area contributed by atoms with Crippen LogP contribution < -0.4 is 0 Å². The molecule has 0 amide bonds. The van der Waals surface area contributed by atoms with Gasteiger partial charge >= 0.3 is 12.0 Å². The van der Waals surface area contributed by atoms with Gasteiger partial charge in [0.05, 0.1) is 6.61 Å². The van der Waals surface area contributed by atoms with E-state index in [2.05, 4.69) is 14.7 Å². The van der Waals surface area contributed by atoms with Crippen molar-refractivity contribution in [2.24, 2.45) is 0 Å². The molecule has 0 aromatic carbocycles. The summed E-state index contributed by atoms with van der Waals surface area (Å²) in [6.45, 7) is 1.71. The Morgan fingerprint density at radius 1 is 1.56 bits per heavy atom. The first-order valence-electron chi connectivity index (χ1n) is 4.66. The van der Waals surface area contributed by atoms with Crippen LogP contribution in [-0.2, 0) is 9.53 Å². The summed E-state index contributed by atoms with van der Waals surface area (Å²) in [5, 5.41) is 8.63. The molecule has 16 heavy (non-hydrogen) atoms. The Morgan fingerprint density at radius 3 is 2.81 bits per heavy atom. The Balaban J connectivity index is 2.87. The third-order valence-electron chi connectivity index (χ3n) is 1.79. The first-order valence-corrected chi connectivity index (χ1v) is 4.66. The molecule has 0 N–H and O–H groups in total. The Hall–Kier alpha value is -2.29. The number of carbonyl (C=O) groups excluding carboxylic acids is 2. The first kappa shape index (κ1) is 11.8. The average molecular weight is 220 g/mol. The monoisotopic (exact) mass is 220 g/mol. The third-order valence-corrected chi connectivity index (χ3v) is 1.79. The maximum Gasteiger partial charge on any atom is 0.470 e. The maximum absolute atomic E-state index is 11.7. The zero-order valence-corrected chi connectivity index (χ0v) is 8.66. The van der Waals surface area contributed by atoms with E-state index in [0.717, 1.165) is 0 Å². The molecule has 0 spiro atoms. The van der Waals surface area contributed by atoms with Gasteiger partial charge in [0.15, 0.2) is 0 Å². The fourth-order valence-corrected chi connectivity index (χ4v) is 1.08. The van der Waals surface area contributed by atoms with E-state index in [1.54, 1.807) is 19.1 Å². The van der Waals surface area contributed by atoms with Crippen LogP contribution in [0.25, 0.3) is 4.98 Å². The van der Waals surface area contributed by atoms with E-state index in [-0.39, 0.29) is 12.3 Å². The minimum absolute atomic E-state index is 0.0540. The minimum Gasteiger partial charge on any atom is -0.460 e. The molecule has 1 heterocycles. The molecule has 0 fully saturated rings. The topological polar surface area (TPSA) is 84.4 Å². The Bertz CT molecular complexity index is 425. The standard InChI is InChI=1S/C10H10N3O3/c1-2-16-10(15)8(13-11)9(14)7-5-3-4-6-12-7/h3-6,8H,2H2,1H3/q+1. The minimum atomic E-state index is -1.56. The molecule has 1 rings (SSSR count). The predicted octanol–water partition coefficient (Wildman–Crippen LogP) is 1.05. The normalized spacial score (nSPS) is 11.2. The van der Waals surface area contributed by atoms with Gasteiger partial charge in [-0.05, 0) is 19.1 Å². The second-order valence-corrected chi connectivity index (χ2v) is 2.85. The van der Waals surface area contributed by atoms with Crippen molar-refractivity contribution in [1.29, 1.82) is 5.39 Å². The largest absolute Gasteiger partial charge is 0.470 e. The van der Waals surface area contributed by atoms with E-state index in [9.17, 15) is 9.59 Å². The number of hydrogen-bond acceptors (Lipinski definition) is 5. The Morgan fingerprint density at radius 2 is 2.31 bits per heavy atom. The van der Waals surface area contributed by atoms with E-state index < -0.39 is 17.8 Å². The average Bonchev–Trinajstić information content (AvgIpc) is 2.31. The summed E-state index contributed by atoms with van der Waals surface area (Å²) in [5.74, 6) is -1.58. The molecule has 82 valence electrons. The van der Waals surface area contributed by atoms with Crippen molar-refractivity contribution < 1.29 is 14.3 Å². The second-order valence-electron chi connectivity index (χ2n) is 2.85. The molecule has 1 aromatic rings. The molecule has 0 saturated heterocycles. The van der Waals surface area contributed by atoms with Crippen molar-refractivity contribution >= 4 is 11.8 Å². The van der Waals surface area contributed by atoms with Crippen LogP contribution in [0.4, 0.5) is 0 Å². The molecule has 6 nitrogen and oxygen atoms in total. The van der Waals surface area contributed by atoms with Crippen LogP contribution in [0.3, 0.4) is 0 Å². The number of carbonyl (C=O) groups is 2. The highest BCUT2D eigenvalue weighted by Crippen LogP contribution is 2.05. The Kier molecular flexibility index (Phi) is 4.09. The lowest BCUT2D eigenvalue weighted by Gasteiger charge is -1.99. The Labute approximate surface area is 91.9 Å². The summed E-state index contributed by atoms with van der Waals surface area (Å²) in [7, 11) is 0. The quantitative estimate of drug-likeness (QED) is 0.327. The van der Waals surface area contributed by atoms with Gasteiger partial charge in [0.25, 0.3) is 5.78 Å². The summed E-state index contributed by atoms with van der Waals surface area (Å²) < 4.78 is 4.60. The predicted molar refractivity (Wildman–Crippen MR) is 54.1 cm³/mol. The van der Waals surface area contributed by atoms with Gasteiger partial charge in [-0.2, -0.15) is 0 Å². The number of diazo groups is 1. The molecule has 0 bridgehead atoms. The van der Waals surface area contributed by atoms with Crippen LogP contribution in [0, 0.1) is 5.39 Å². The number of aromatic nitrogens is 1. The molecular formula is C10H10N3O3+. The van der Waals surface area contributed by atoms with Gasteiger partial charge in [0.1, 0.15) is 10.7 Å². The summed E-state index contributed by atoms with van der Waals surface area (Å²) in [5.41, 5.74) is 0.0540. The lowest BCUT2D eigenvalue weighted by molar-refractivity contribution is -0.142. The number of hydrogen-bond donors (Lipinski definition) is 0. The van der Waals surface area contributed by atoms with Gasteiger partial charge in [-0.3, -0.25) is 9.78 Å². The molecular weight excluding hydrogens is 210 g/mol. The van der Waals surface area contributed by atoms with Crippen molar-refractivity contribution in [2.45, 2.75) is 13.0 Å². The van der Waals surface area contributed by atoms with Crippen LogP contribution >= 0.6 is 0 Å². The maximum atomic E-state index is 11.7. The molecule has 0 saturated carbocycles. The van der Waals surface area contributed by atoms with Crippen LogP contribution in [-0.4, -0.2) is 29.4 Å². The fraction of sp³-hybridized carbons (Fsp3) is 0.300. The SMILES string of the molecule is CCOC(=O)C([N+]#N)C(=O)c1ccccn1. The zero-order valence-electron chi connectivity index (χ0n) is 8.66. The smallest absolute Gasteiger partial charge is 0.460 e. The number of ether oxygens (including phenoxy) is 1. The molecule has 6 heteroatoms. The lowest BCUT2D eigenvalue weighted by atomic mass is 10.1. The van der Waals surface area contributed by atoms with E-state index in [1.807, 2.05) is 0 Å².